The molecule has 0 atom stereocenters. The number of aryl methyl sites for hydroxylation is 2. The molecule has 0 aliphatic rings. The minimum absolute atomic E-state index is 0.0673. The van der Waals surface area contributed by atoms with Crippen molar-refractivity contribution < 1.29 is 4.79 Å². The van der Waals surface area contributed by atoms with E-state index in [1.165, 1.54) is 0 Å². The Labute approximate surface area is 181 Å². The van der Waals surface area contributed by atoms with Crippen LogP contribution in [0.4, 0.5) is 0 Å². The first-order chi connectivity index (χ1) is 14.3. The molecule has 0 radical (unpaired) electrons. The second-order valence-corrected chi connectivity index (χ2v) is 8.51. The standard InChI is InChI=1S/C24H26N4OS/c1-14-10-20-21-19(16-6-5-7-17(30)11-16)12-18(24(29)25-8-9-28(3)4)15(2)22(21)27-23(20)26-13-14/h5-7,10-13,30H,8-9H2,1-4H3,(H,25,29)(H,26,27). The van der Waals surface area contributed by atoms with Crippen molar-refractivity contribution >= 4 is 40.5 Å². The Bertz CT molecular complexity index is 1260. The number of aromatic nitrogens is 2. The van der Waals surface area contributed by atoms with Gasteiger partial charge in [-0.15, -0.1) is 12.6 Å². The number of likely N-dealkylation sites (N-methyl/N-ethyl adjacent to an activating group) is 1. The van der Waals surface area contributed by atoms with Gasteiger partial charge in [0.1, 0.15) is 5.65 Å². The number of rotatable bonds is 5. The number of hydrogen-bond acceptors (Lipinski definition) is 4. The Morgan fingerprint density at radius 3 is 2.73 bits per heavy atom. The van der Waals surface area contributed by atoms with Crippen LogP contribution in [0.15, 0.2) is 47.5 Å². The summed E-state index contributed by atoms with van der Waals surface area (Å²) in [6, 6.07) is 12.2. The van der Waals surface area contributed by atoms with E-state index in [4.69, 9.17) is 0 Å². The summed E-state index contributed by atoms with van der Waals surface area (Å²) >= 11 is 4.52. The lowest BCUT2D eigenvalue weighted by molar-refractivity contribution is 0.0950. The SMILES string of the molecule is Cc1cnc2[nH]c3c(C)c(C(=O)NCCN(C)C)cc(-c4cccc(S)c4)c3c2c1. The molecule has 4 rings (SSSR count). The monoisotopic (exact) mass is 418 g/mol. The number of fused-ring (bicyclic) bond motifs is 3. The summed E-state index contributed by atoms with van der Waals surface area (Å²) in [6.45, 7) is 5.42. The van der Waals surface area contributed by atoms with E-state index in [0.717, 1.165) is 55.6 Å². The number of thiol groups is 1. The lowest BCUT2D eigenvalue weighted by Gasteiger charge is -2.14. The van der Waals surface area contributed by atoms with Crippen molar-refractivity contribution in [3.8, 4) is 11.1 Å². The van der Waals surface area contributed by atoms with Gasteiger partial charge in [-0.25, -0.2) is 4.98 Å². The van der Waals surface area contributed by atoms with Gasteiger partial charge in [0.05, 0.1) is 5.52 Å². The molecule has 1 amide bonds. The van der Waals surface area contributed by atoms with Gasteiger partial charge in [0.2, 0.25) is 0 Å². The fourth-order valence-electron chi connectivity index (χ4n) is 3.82. The molecule has 4 aromatic rings. The first kappa shape index (κ1) is 20.4. The Hall–Kier alpha value is -2.83. The Morgan fingerprint density at radius 1 is 1.20 bits per heavy atom. The van der Waals surface area contributed by atoms with E-state index in [9.17, 15) is 4.79 Å². The quantitative estimate of drug-likeness (QED) is 0.416. The van der Waals surface area contributed by atoms with Crippen LogP contribution in [0.25, 0.3) is 33.1 Å². The molecular formula is C24H26N4OS. The van der Waals surface area contributed by atoms with E-state index in [-0.39, 0.29) is 5.91 Å². The average molecular weight is 419 g/mol. The maximum atomic E-state index is 13.0. The van der Waals surface area contributed by atoms with Gasteiger partial charge >= 0.3 is 0 Å². The number of nitrogens with one attached hydrogen (secondary N) is 2. The number of H-pyrrole nitrogens is 1. The zero-order valence-electron chi connectivity index (χ0n) is 17.7. The fourth-order valence-corrected chi connectivity index (χ4v) is 4.05. The highest BCUT2D eigenvalue weighted by atomic mass is 32.1. The Kier molecular flexibility index (Phi) is 5.54. The van der Waals surface area contributed by atoms with Crippen molar-refractivity contribution in [3.05, 3.63) is 59.3 Å². The number of aromatic amines is 1. The van der Waals surface area contributed by atoms with Crippen LogP contribution >= 0.6 is 12.6 Å². The number of pyridine rings is 1. The maximum Gasteiger partial charge on any atom is 0.251 e. The number of amides is 1. The summed E-state index contributed by atoms with van der Waals surface area (Å²) in [6.07, 6.45) is 1.86. The van der Waals surface area contributed by atoms with Crippen LogP contribution in [0.1, 0.15) is 21.5 Å². The minimum atomic E-state index is -0.0673. The van der Waals surface area contributed by atoms with Gasteiger partial charge in [0, 0.05) is 40.5 Å². The van der Waals surface area contributed by atoms with Gasteiger partial charge in [-0.1, -0.05) is 12.1 Å². The lowest BCUT2D eigenvalue weighted by Crippen LogP contribution is -2.31. The van der Waals surface area contributed by atoms with Crippen molar-refractivity contribution in [2.24, 2.45) is 0 Å². The number of carbonyl (C=O) groups is 1. The van der Waals surface area contributed by atoms with E-state index in [1.54, 1.807) is 0 Å². The largest absolute Gasteiger partial charge is 0.351 e. The number of nitrogens with zero attached hydrogens (tertiary/aromatic N) is 2. The van der Waals surface area contributed by atoms with Crippen LogP contribution in [0.5, 0.6) is 0 Å². The van der Waals surface area contributed by atoms with Crippen molar-refractivity contribution in [3.63, 3.8) is 0 Å². The third kappa shape index (κ3) is 3.80. The molecule has 0 saturated carbocycles. The first-order valence-corrected chi connectivity index (χ1v) is 10.4. The van der Waals surface area contributed by atoms with Crippen LogP contribution < -0.4 is 5.32 Å². The molecule has 0 saturated heterocycles. The fraction of sp³-hybridized carbons (Fsp3) is 0.250. The second kappa shape index (κ2) is 8.13. The summed E-state index contributed by atoms with van der Waals surface area (Å²) in [5.41, 5.74) is 6.49. The molecule has 0 fully saturated rings. The molecule has 154 valence electrons. The summed E-state index contributed by atoms with van der Waals surface area (Å²) in [7, 11) is 3.98. The lowest BCUT2D eigenvalue weighted by atomic mass is 9.93. The molecule has 30 heavy (non-hydrogen) atoms. The first-order valence-electron chi connectivity index (χ1n) is 9.99. The third-order valence-corrected chi connectivity index (χ3v) is 5.65. The molecule has 2 heterocycles. The van der Waals surface area contributed by atoms with Gasteiger partial charge < -0.3 is 15.2 Å². The molecule has 0 aliphatic carbocycles. The van der Waals surface area contributed by atoms with E-state index < -0.39 is 0 Å². The van der Waals surface area contributed by atoms with E-state index in [1.807, 2.05) is 63.3 Å². The van der Waals surface area contributed by atoms with Crippen LogP contribution in [0.3, 0.4) is 0 Å². The average Bonchev–Trinajstić information content (AvgIpc) is 3.07. The molecule has 2 aromatic carbocycles. The van der Waals surface area contributed by atoms with Crippen molar-refractivity contribution in [2.45, 2.75) is 18.7 Å². The zero-order valence-corrected chi connectivity index (χ0v) is 18.6. The highest BCUT2D eigenvalue weighted by molar-refractivity contribution is 7.80. The Morgan fingerprint density at radius 2 is 2.00 bits per heavy atom. The van der Waals surface area contributed by atoms with Gasteiger partial charge in [-0.2, -0.15) is 0 Å². The summed E-state index contributed by atoms with van der Waals surface area (Å²) in [5, 5.41) is 5.19. The van der Waals surface area contributed by atoms with Crippen LogP contribution in [0, 0.1) is 13.8 Å². The Balaban J connectivity index is 1.96. The molecule has 2 aromatic heterocycles. The topological polar surface area (TPSA) is 61.0 Å². The molecule has 5 nitrogen and oxygen atoms in total. The second-order valence-electron chi connectivity index (χ2n) is 7.99. The van der Waals surface area contributed by atoms with Crippen molar-refractivity contribution in [1.82, 2.24) is 20.2 Å². The zero-order chi connectivity index (χ0) is 21.4. The van der Waals surface area contributed by atoms with Crippen LogP contribution in [-0.2, 0) is 0 Å². The minimum Gasteiger partial charge on any atom is -0.351 e. The normalized spacial score (nSPS) is 11.5. The molecule has 0 aliphatic heterocycles. The third-order valence-electron chi connectivity index (χ3n) is 5.37. The summed E-state index contributed by atoms with van der Waals surface area (Å²) in [4.78, 5) is 24.0. The maximum absolute atomic E-state index is 13.0. The molecule has 0 bridgehead atoms. The van der Waals surface area contributed by atoms with Gasteiger partial charge in [0.15, 0.2) is 0 Å². The van der Waals surface area contributed by atoms with Crippen LogP contribution in [-0.4, -0.2) is 48.0 Å². The van der Waals surface area contributed by atoms with Crippen molar-refractivity contribution in [2.75, 3.05) is 27.2 Å². The van der Waals surface area contributed by atoms with E-state index in [0.29, 0.717) is 12.1 Å². The predicted octanol–water partition coefficient (Wildman–Crippen LogP) is 4.58. The van der Waals surface area contributed by atoms with Gasteiger partial charge in [0.25, 0.3) is 5.91 Å². The predicted molar refractivity (Wildman–Crippen MR) is 127 cm³/mol. The van der Waals surface area contributed by atoms with E-state index in [2.05, 4.69) is 40.0 Å². The molecule has 0 spiro atoms. The molecule has 2 N–H and O–H groups in total. The highest BCUT2D eigenvalue weighted by Gasteiger charge is 2.20. The molecular weight excluding hydrogens is 392 g/mol. The van der Waals surface area contributed by atoms with Gasteiger partial charge in [-0.05, 0) is 74.5 Å². The molecule has 6 heteroatoms. The van der Waals surface area contributed by atoms with Crippen LogP contribution in [0.2, 0.25) is 0 Å². The smallest absolute Gasteiger partial charge is 0.251 e. The molecule has 0 unspecified atom stereocenters. The van der Waals surface area contributed by atoms with E-state index >= 15 is 0 Å². The summed E-state index contributed by atoms with van der Waals surface area (Å²) in [5.74, 6) is -0.0673. The van der Waals surface area contributed by atoms with Crippen molar-refractivity contribution in [1.29, 1.82) is 0 Å². The highest BCUT2D eigenvalue weighted by Crippen LogP contribution is 2.38. The van der Waals surface area contributed by atoms with Gasteiger partial charge in [-0.3, -0.25) is 4.79 Å². The number of hydrogen-bond donors (Lipinski definition) is 3. The number of benzene rings is 2. The number of carbonyl (C=O) groups excluding carboxylic acids is 1. The summed E-state index contributed by atoms with van der Waals surface area (Å²) < 4.78 is 0.